The highest BCUT2D eigenvalue weighted by Crippen LogP contribution is 2.51. The Bertz CT molecular complexity index is 4680. The summed E-state index contributed by atoms with van der Waals surface area (Å²) in [6, 6.07) is 33.7. The number of amides is 6. The van der Waals surface area contributed by atoms with E-state index in [9.17, 15) is 38.4 Å². The number of ether oxygens (including phenoxy) is 6. The second-order valence-corrected chi connectivity index (χ2v) is 26.1. The van der Waals surface area contributed by atoms with Gasteiger partial charge in [0.1, 0.15) is 59.2 Å². The summed E-state index contributed by atoms with van der Waals surface area (Å²) in [4.78, 5) is 113. The second-order valence-electron chi connectivity index (χ2n) is 26.1. The number of fused-ring (bicyclic) bond motifs is 18. The molecule has 0 spiro atoms. The topological polar surface area (TPSA) is 396 Å². The lowest BCUT2D eigenvalue weighted by Gasteiger charge is -2.26. The first-order chi connectivity index (χ1) is 51.1. The molecule has 2 unspecified atom stereocenters. The van der Waals surface area contributed by atoms with Crippen LogP contribution in [0.1, 0.15) is 87.5 Å². The smallest absolute Gasteiger partial charge is 0.338 e. The number of allylic oxidation sites excluding steroid dienone is 1. The zero-order valence-corrected chi connectivity index (χ0v) is 63.4. The molecule has 10 rings (SSSR count). The predicted octanol–water partition coefficient (Wildman–Crippen LogP) is -2.76. The van der Waals surface area contributed by atoms with E-state index < -0.39 is 83.6 Å². The zero-order chi connectivity index (χ0) is 76.1. The maximum Gasteiger partial charge on any atom is 0.338 e. The molecular weight excluding hydrogens is 1420 g/mol. The van der Waals surface area contributed by atoms with Gasteiger partial charge in [-0.05, 0) is 147 Å². The van der Waals surface area contributed by atoms with Crippen molar-refractivity contribution in [1.29, 1.82) is 0 Å². The average Bonchev–Trinajstić information content (AvgIpc) is 0.744. The fraction of sp³-hybridized carbons (Fsp3) is 0.350. The van der Waals surface area contributed by atoms with Gasteiger partial charge in [-0.25, -0.2) is 9.59 Å². The molecular formula is C80H96Cl2N12O14. The van der Waals surface area contributed by atoms with Gasteiger partial charge in [0, 0.05) is 48.9 Å². The maximum absolute atomic E-state index is 14.2. The van der Waals surface area contributed by atoms with Gasteiger partial charge in [0.2, 0.25) is 35.4 Å². The number of hydrogen-bond acceptors (Lipinski definition) is 14. The summed E-state index contributed by atoms with van der Waals surface area (Å²) in [5.74, 6) is -2.04. The summed E-state index contributed by atoms with van der Waals surface area (Å²) in [6.45, 7) is 3.32. The fourth-order valence-corrected chi connectivity index (χ4v) is 14.0. The maximum atomic E-state index is 14.2. The molecule has 0 saturated heterocycles. The Hall–Kier alpha value is -11.4. The number of benzene rings is 8. The summed E-state index contributed by atoms with van der Waals surface area (Å²) in [7, 11) is 8.96. The molecule has 0 aromatic heterocycles. The van der Waals surface area contributed by atoms with Crippen LogP contribution in [0.2, 0.25) is 0 Å². The summed E-state index contributed by atoms with van der Waals surface area (Å²) >= 11 is 0. The van der Waals surface area contributed by atoms with Crippen molar-refractivity contribution in [2.24, 2.45) is 22.9 Å². The molecule has 0 aliphatic carbocycles. The van der Waals surface area contributed by atoms with Crippen molar-refractivity contribution in [3.63, 3.8) is 0 Å². The van der Waals surface area contributed by atoms with Crippen LogP contribution in [0.3, 0.4) is 0 Å². The van der Waals surface area contributed by atoms with E-state index in [2.05, 4.69) is 66.2 Å². The van der Waals surface area contributed by atoms with E-state index in [1.807, 2.05) is 103 Å². The van der Waals surface area contributed by atoms with Crippen LogP contribution in [-0.4, -0.2) is 151 Å². The number of aryl methyl sites for hydroxylation is 1. The number of esters is 2. The van der Waals surface area contributed by atoms with Gasteiger partial charge in [-0.15, -0.1) is 0 Å². The molecule has 0 fully saturated rings. The van der Waals surface area contributed by atoms with Crippen LogP contribution in [0.25, 0.3) is 65.3 Å². The van der Waals surface area contributed by atoms with Crippen LogP contribution in [-0.2, 0) is 73.5 Å². The predicted molar refractivity (Wildman–Crippen MR) is 406 cm³/mol. The number of hydrogen-bond donors (Lipinski definition) is 12. The van der Waals surface area contributed by atoms with Gasteiger partial charge in [0.15, 0.2) is 0 Å². The van der Waals surface area contributed by atoms with E-state index in [-0.39, 0.29) is 68.8 Å². The first-order valence-electron chi connectivity index (χ1n) is 35.3. The van der Waals surface area contributed by atoms with Crippen molar-refractivity contribution < 1.29 is 102 Å². The van der Waals surface area contributed by atoms with Crippen molar-refractivity contribution in [2.45, 2.75) is 127 Å². The van der Waals surface area contributed by atoms with E-state index in [0.29, 0.717) is 92.2 Å². The fourth-order valence-electron chi connectivity index (χ4n) is 14.0. The summed E-state index contributed by atoms with van der Waals surface area (Å²) < 4.78 is 35.0. The number of carbonyl (C=O) groups is 8. The third-order valence-electron chi connectivity index (χ3n) is 18.8. The molecule has 6 amide bonds. The Morgan fingerprint density at radius 3 is 1.19 bits per heavy atom. The molecule has 108 heavy (non-hydrogen) atoms. The quantitative estimate of drug-likeness (QED) is 0.0153. The molecule has 574 valence electrons. The number of guanidine groups is 2. The first-order valence-corrected chi connectivity index (χ1v) is 35.3. The van der Waals surface area contributed by atoms with E-state index in [1.54, 1.807) is 34.5 Å². The lowest BCUT2D eigenvalue weighted by atomic mass is 9.86. The minimum absolute atomic E-state index is 0. The van der Waals surface area contributed by atoms with Crippen LogP contribution in [0.4, 0.5) is 0 Å². The van der Waals surface area contributed by atoms with Gasteiger partial charge in [0.05, 0.1) is 55.7 Å². The van der Waals surface area contributed by atoms with Gasteiger partial charge in [-0.3, -0.25) is 61.7 Å². The first kappa shape index (κ1) is 83.9. The summed E-state index contributed by atoms with van der Waals surface area (Å²) in [6.07, 6.45) is 7.67. The van der Waals surface area contributed by atoms with Crippen LogP contribution < -0.4 is 109 Å². The Kier molecular flexibility index (Phi) is 30.9. The number of nitrogens with one attached hydrogen (secondary N) is 8. The van der Waals surface area contributed by atoms with Gasteiger partial charge < -0.3 is 85.1 Å². The molecule has 0 radical (unpaired) electrons. The normalized spacial score (nSPS) is 17.7. The standard InChI is InChI=1S/C40H48N6O7.C40H46N6O7.2ClH/c2*1-23(47)44-32-22-27-21-25-13-6-9-16-29(25)34(36(27)52-3)33-28-15-8-5-12-24(28)20-26(35(33)51-2)14-7-10-17-31(39(50)53-4)46-37(48)30(45-38(32)49)18-11-19-43-40(41)42;;/h5-6,8-9,12-13,15-16,20-21,30-32H,7,10-11,14,17-19,22H2,1-4H3,(H,44,47)(H,45,49)(H,46,48)(H4,41,42,43);5-10,12-13,15-16,20-21,30-32H,11,14,17-19,22H2,1-4H3,(H,44,47)(H,45,49)(H,46,48)(H4,41,42,43);2*1H/t2*30-,31+,32?;;/m11../s1. The van der Waals surface area contributed by atoms with Gasteiger partial charge in [-0.2, -0.15) is 0 Å². The zero-order valence-electron chi connectivity index (χ0n) is 61.8. The molecule has 0 saturated carbocycles. The largest absolute Gasteiger partial charge is 1.00 e. The van der Waals surface area contributed by atoms with Crippen molar-refractivity contribution in [2.75, 3.05) is 55.7 Å². The molecule has 26 nitrogen and oxygen atoms in total. The number of carbonyl (C=O) groups excluding carboxylic acids is 8. The molecule has 2 aliphatic rings. The van der Waals surface area contributed by atoms with Gasteiger partial charge in [-0.1, -0.05) is 116 Å². The van der Waals surface area contributed by atoms with E-state index in [0.717, 1.165) is 76.5 Å². The third kappa shape index (κ3) is 20.6. The van der Waals surface area contributed by atoms with E-state index in [4.69, 9.17) is 51.4 Å². The summed E-state index contributed by atoms with van der Waals surface area (Å²) in [5, 5.41) is 24.3. The van der Waals surface area contributed by atoms with Crippen LogP contribution in [0.15, 0.2) is 133 Å². The lowest BCUT2D eigenvalue weighted by Crippen LogP contribution is -3.00. The van der Waals surface area contributed by atoms with Crippen LogP contribution in [0, 0.1) is 0 Å². The molecule has 2 aliphatic heterocycles. The van der Waals surface area contributed by atoms with E-state index >= 15 is 0 Å². The van der Waals surface area contributed by atoms with Crippen LogP contribution in [0.5, 0.6) is 23.0 Å². The molecule has 28 heteroatoms. The minimum atomic E-state index is -1.11. The number of halogens is 2. The van der Waals surface area contributed by atoms with Crippen molar-refractivity contribution in [3.05, 3.63) is 156 Å². The minimum Gasteiger partial charge on any atom is -1.00 e. The number of nitrogens with two attached hydrogens (primary N) is 4. The monoisotopic (exact) mass is 1520 g/mol. The Morgan fingerprint density at radius 1 is 0.454 bits per heavy atom. The highest BCUT2D eigenvalue weighted by atomic mass is 35.5. The lowest BCUT2D eigenvalue weighted by molar-refractivity contribution is -0.460. The van der Waals surface area contributed by atoms with E-state index in [1.165, 1.54) is 28.1 Å². The molecule has 2 heterocycles. The average molecular weight is 1520 g/mol. The number of methoxy groups -OCH3 is 6. The highest BCUT2D eigenvalue weighted by molar-refractivity contribution is 6.13. The molecule has 8 bridgehead atoms. The molecule has 16 N–H and O–H groups in total. The van der Waals surface area contributed by atoms with Crippen molar-refractivity contribution >= 4 is 102 Å². The summed E-state index contributed by atoms with van der Waals surface area (Å²) in [5.41, 5.74) is 28.6. The Labute approximate surface area is 639 Å². The Balaban J connectivity index is 0.000000295. The molecule has 6 atom stereocenters. The second kappa shape index (κ2) is 39.8. The number of rotatable bonds is 16. The molecule has 8 aromatic rings. The molecule has 8 aromatic carbocycles. The highest BCUT2D eigenvalue weighted by Gasteiger charge is 2.35. The van der Waals surface area contributed by atoms with Gasteiger partial charge >= 0.3 is 23.9 Å². The van der Waals surface area contributed by atoms with Gasteiger partial charge in [0.25, 0.3) is 0 Å². The third-order valence-corrected chi connectivity index (χ3v) is 18.8. The van der Waals surface area contributed by atoms with Crippen LogP contribution >= 0.6 is 0 Å². The SMILES string of the molecule is COC(=O)[C@@H]1CC=CCc2cc3ccccc3c(c2OC)-c2c(OC)c(cc3ccccc23)CC(NC(C)=O)C(=O)N[C@H](CCC[NH+]=C(N)N)C(=O)N1.COC(=O)[C@@H]1CCCCc2cc3ccccc3c(c2OC)-c2c(OC)c(cc3ccccc23)CC(NC(C)=O)C(=O)N[C@H](CCC[NH+]=C(N)N)C(=O)N1.[Cl-].[Cl-]. The van der Waals surface area contributed by atoms with Crippen molar-refractivity contribution in [1.82, 2.24) is 31.9 Å². The van der Waals surface area contributed by atoms with Crippen molar-refractivity contribution in [3.8, 4) is 45.3 Å². The Morgan fingerprint density at radius 2 is 0.806 bits per heavy atom.